The lowest BCUT2D eigenvalue weighted by Crippen LogP contribution is -2.11. The fourth-order valence-corrected chi connectivity index (χ4v) is 3.89. The van der Waals surface area contributed by atoms with Crippen LogP contribution in [-0.4, -0.2) is 18.0 Å². The van der Waals surface area contributed by atoms with Crippen molar-refractivity contribution in [2.24, 2.45) is 0 Å². The van der Waals surface area contributed by atoms with E-state index in [1.54, 1.807) is 37.5 Å². The Bertz CT molecular complexity index is 1300. The highest BCUT2D eigenvalue weighted by Gasteiger charge is 2.10. The highest BCUT2D eigenvalue weighted by molar-refractivity contribution is 7.11. The quantitative estimate of drug-likeness (QED) is 0.368. The van der Waals surface area contributed by atoms with Gasteiger partial charge in [-0.3, -0.25) is 4.79 Å². The maximum absolute atomic E-state index is 12.5. The minimum absolute atomic E-state index is 0.221. The molecule has 156 valence electrons. The van der Waals surface area contributed by atoms with Gasteiger partial charge in [-0.05, 0) is 48.0 Å². The van der Waals surface area contributed by atoms with Crippen molar-refractivity contribution in [3.05, 3.63) is 100 Å². The average molecular weight is 438 g/mol. The lowest BCUT2D eigenvalue weighted by atomic mass is 10.1. The van der Waals surface area contributed by atoms with Crippen LogP contribution in [0.2, 0.25) is 0 Å². The number of nitriles is 1. The highest BCUT2D eigenvalue weighted by Crippen LogP contribution is 2.27. The number of hydrogen-bond donors (Lipinski definition) is 1. The SMILES string of the molecule is COc1ccc(C(=O)Nc2cccc(/C=C(\C#N)c3nc(-c4ccccc4)cs3)c2)cc1. The van der Waals surface area contributed by atoms with Crippen molar-refractivity contribution in [1.29, 1.82) is 5.26 Å². The molecular weight excluding hydrogens is 418 g/mol. The Morgan fingerprint density at radius 1 is 1.06 bits per heavy atom. The molecule has 1 aromatic heterocycles. The fraction of sp³-hybridized carbons (Fsp3) is 0.0385. The van der Waals surface area contributed by atoms with E-state index in [1.807, 2.05) is 60.0 Å². The summed E-state index contributed by atoms with van der Waals surface area (Å²) in [5.74, 6) is 0.469. The first-order valence-electron chi connectivity index (χ1n) is 9.85. The van der Waals surface area contributed by atoms with Crippen LogP contribution in [0.15, 0.2) is 84.2 Å². The summed E-state index contributed by atoms with van der Waals surface area (Å²) in [7, 11) is 1.58. The van der Waals surface area contributed by atoms with Gasteiger partial charge >= 0.3 is 0 Å². The molecule has 6 heteroatoms. The zero-order chi connectivity index (χ0) is 22.3. The molecule has 1 amide bonds. The maximum atomic E-state index is 12.5. The summed E-state index contributed by atoms with van der Waals surface area (Å²) >= 11 is 1.43. The molecule has 0 spiro atoms. The third kappa shape index (κ3) is 4.91. The van der Waals surface area contributed by atoms with E-state index in [0.717, 1.165) is 16.8 Å². The molecular formula is C26H19N3O2S. The van der Waals surface area contributed by atoms with Gasteiger partial charge in [0.15, 0.2) is 0 Å². The molecule has 0 fully saturated rings. The molecule has 0 atom stereocenters. The molecule has 3 aromatic carbocycles. The van der Waals surface area contributed by atoms with E-state index >= 15 is 0 Å². The summed E-state index contributed by atoms with van der Waals surface area (Å²) in [6, 6.07) is 26.3. The van der Waals surface area contributed by atoms with Crippen LogP contribution < -0.4 is 10.1 Å². The smallest absolute Gasteiger partial charge is 0.255 e. The van der Waals surface area contributed by atoms with E-state index in [0.29, 0.717) is 27.6 Å². The van der Waals surface area contributed by atoms with Gasteiger partial charge in [-0.25, -0.2) is 4.98 Å². The third-order valence-electron chi connectivity index (χ3n) is 4.73. The lowest BCUT2D eigenvalue weighted by molar-refractivity contribution is 0.102. The van der Waals surface area contributed by atoms with Crippen LogP contribution in [0, 0.1) is 11.3 Å². The number of carbonyl (C=O) groups is 1. The van der Waals surface area contributed by atoms with Crippen LogP contribution >= 0.6 is 11.3 Å². The van der Waals surface area contributed by atoms with Gasteiger partial charge in [-0.2, -0.15) is 5.26 Å². The molecule has 0 radical (unpaired) electrons. The zero-order valence-electron chi connectivity index (χ0n) is 17.3. The monoisotopic (exact) mass is 437 g/mol. The maximum Gasteiger partial charge on any atom is 0.255 e. The predicted octanol–water partition coefficient (Wildman–Crippen LogP) is 6.14. The summed E-state index contributed by atoms with van der Waals surface area (Å²) in [4.78, 5) is 17.2. The van der Waals surface area contributed by atoms with E-state index in [4.69, 9.17) is 4.74 Å². The number of ether oxygens (including phenoxy) is 1. The first-order valence-corrected chi connectivity index (χ1v) is 10.7. The molecule has 1 N–H and O–H groups in total. The van der Waals surface area contributed by atoms with Crippen molar-refractivity contribution in [2.75, 3.05) is 12.4 Å². The highest BCUT2D eigenvalue weighted by atomic mass is 32.1. The van der Waals surface area contributed by atoms with E-state index < -0.39 is 0 Å². The average Bonchev–Trinajstić information content (AvgIpc) is 3.33. The molecule has 5 nitrogen and oxygen atoms in total. The molecule has 4 rings (SSSR count). The summed E-state index contributed by atoms with van der Waals surface area (Å²) in [6.07, 6.45) is 1.77. The van der Waals surface area contributed by atoms with Gasteiger partial charge < -0.3 is 10.1 Å². The fourth-order valence-electron chi connectivity index (χ4n) is 3.10. The number of amides is 1. The van der Waals surface area contributed by atoms with Gasteiger partial charge in [0.05, 0.1) is 18.4 Å². The number of thiazole rings is 1. The minimum atomic E-state index is -0.221. The minimum Gasteiger partial charge on any atom is -0.497 e. The Balaban J connectivity index is 1.53. The van der Waals surface area contributed by atoms with Crippen LogP contribution in [0.1, 0.15) is 20.9 Å². The molecule has 0 unspecified atom stereocenters. The van der Waals surface area contributed by atoms with Gasteiger partial charge in [0.25, 0.3) is 5.91 Å². The lowest BCUT2D eigenvalue weighted by Gasteiger charge is -2.07. The first-order chi connectivity index (χ1) is 15.7. The van der Waals surface area contributed by atoms with Crippen LogP contribution in [0.25, 0.3) is 22.9 Å². The molecule has 0 aliphatic rings. The molecule has 1 heterocycles. The van der Waals surface area contributed by atoms with Gasteiger partial charge in [-0.15, -0.1) is 11.3 Å². The van der Waals surface area contributed by atoms with Crippen molar-refractivity contribution in [3.63, 3.8) is 0 Å². The first kappa shape index (κ1) is 21.0. The third-order valence-corrected chi connectivity index (χ3v) is 5.61. The molecule has 0 aliphatic carbocycles. The van der Waals surface area contributed by atoms with Crippen LogP contribution in [-0.2, 0) is 0 Å². The van der Waals surface area contributed by atoms with Crippen molar-refractivity contribution in [3.8, 4) is 23.1 Å². The summed E-state index contributed by atoms with van der Waals surface area (Å²) in [5.41, 5.74) is 4.28. The number of rotatable bonds is 6. The zero-order valence-corrected chi connectivity index (χ0v) is 18.1. The van der Waals surface area contributed by atoms with E-state index in [1.165, 1.54) is 11.3 Å². The Morgan fingerprint density at radius 3 is 2.56 bits per heavy atom. The Hall–Kier alpha value is -4.21. The molecule has 0 saturated heterocycles. The van der Waals surface area contributed by atoms with Gasteiger partial charge in [0.2, 0.25) is 0 Å². The molecule has 32 heavy (non-hydrogen) atoms. The van der Waals surface area contributed by atoms with Crippen LogP contribution in [0.5, 0.6) is 5.75 Å². The predicted molar refractivity (Wildman–Crippen MR) is 128 cm³/mol. The van der Waals surface area contributed by atoms with Crippen molar-refractivity contribution in [1.82, 2.24) is 4.98 Å². The summed E-state index contributed by atoms with van der Waals surface area (Å²) in [5, 5.41) is 15.2. The number of methoxy groups -OCH3 is 1. The number of allylic oxidation sites excluding steroid dienone is 1. The molecule has 0 aliphatic heterocycles. The molecule has 0 saturated carbocycles. The van der Waals surface area contributed by atoms with Gasteiger partial charge in [0.1, 0.15) is 16.8 Å². The van der Waals surface area contributed by atoms with E-state index in [2.05, 4.69) is 16.4 Å². The van der Waals surface area contributed by atoms with Crippen LogP contribution in [0.3, 0.4) is 0 Å². The number of nitrogens with one attached hydrogen (secondary N) is 1. The second-order valence-electron chi connectivity index (χ2n) is 6.88. The number of aromatic nitrogens is 1. The van der Waals surface area contributed by atoms with E-state index in [-0.39, 0.29) is 5.91 Å². The van der Waals surface area contributed by atoms with Gasteiger partial charge in [-0.1, -0.05) is 42.5 Å². The summed E-state index contributed by atoms with van der Waals surface area (Å²) < 4.78 is 5.12. The van der Waals surface area contributed by atoms with Crippen molar-refractivity contribution < 1.29 is 9.53 Å². The summed E-state index contributed by atoms with van der Waals surface area (Å²) in [6.45, 7) is 0. The van der Waals surface area contributed by atoms with Crippen molar-refractivity contribution >= 4 is 34.6 Å². The largest absolute Gasteiger partial charge is 0.497 e. The normalized spacial score (nSPS) is 10.9. The number of anilines is 1. The van der Waals surface area contributed by atoms with E-state index in [9.17, 15) is 10.1 Å². The Labute approximate surface area is 190 Å². The van der Waals surface area contributed by atoms with Crippen molar-refractivity contribution in [2.45, 2.75) is 0 Å². The Morgan fingerprint density at radius 2 is 1.84 bits per heavy atom. The number of benzene rings is 3. The number of carbonyl (C=O) groups excluding carboxylic acids is 1. The standard InChI is InChI=1S/C26H19N3O2S/c1-31-23-12-10-20(11-13-23)25(30)28-22-9-5-6-18(15-22)14-21(16-27)26-29-24(17-32-26)19-7-3-2-4-8-19/h2-15,17H,1H3,(H,28,30)/b21-14+. The Kier molecular flexibility index (Phi) is 6.40. The molecule has 0 bridgehead atoms. The number of hydrogen-bond acceptors (Lipinski definition) is 5. The van der Waals surface area contributed by atoms with Gasteiger partial charge in [0, 0.05) is 22.2 Å². The molecule has 4 aromatic rings. The second kappa shape index (κ2) is 9.73. The number of nitrogens with zero attached hydrogens (tertiary/aromatic N) is 2. The van der Waals surface area contributed by atoms with Crippen LogP contribution in [0.4, 0.5) is 5.69 Å². The topological polar surface area (TPSA) is 75.0 Å². The second-order valence-corrected chi connectivity index (χ2v) is 7.74.